The van der Waals surface area contributed by atoms with Crippen molar-refractivity contribution in [2.24, 2.45) is 0 Å². The summed E-state index contributed by atoms with van der Waals surface area (Å²) in [5.41, 5.74) is 4.79. The van der Waals surface area contributed by atoms with Crippen molar-refractivity contribution in [3.8, 4) is 5.75 Å². The van der Waals surface area contributed by atoms with E-state index in [1.807, 2.05) is 0 Å². The van der Waals surface area contributed by atoms with Gasteiger partial charge in [-0.3, -0.25) is 25.2 Å². The second kappa shape index (κ2) is 10.9. The van der Waals surface area contributed by atoms with Gasteiger partial charge in [-0.05, 0) is 48.5 Å². The first-order chi connectivity index (χ1) is 13.4. The minimum absolute atomic E-state index is 0.00637. The molecule has 0 atom stereocenters. The Morgan fingerprint density at radius 2 is 1.32 bits per heavy atom. The molecular formula is C18H17F2N3O4S. The van der Waals surface area contributed by atoms with E-state index in [1.165, 1.54) is 48.5 Å². The zero-order valence-corrected chi connectivity index (χ0v) is 15.4. The maximum atomic E-state index is 12.8. The Morgan fingerprint density at radius 1 is 0.786 bits per heavy atom. The molecule has 10 heteroatoms. The van der Waals surface area contributed by atoms with Crippen molar-refractivity contribution >= 4 is 35.2 Å². The maximum Gasteiger partial charge on any atom is 0.276 e. The molecule has 7 nitrogen and oxygen atoms in total. The smallest absolute Gasteiger partial charge is 0.276 e. The SMILES string of the molecule is O=C(COc1ccc(F)cc1)NNC(=O)CSCC(=O)Nc1ccc(F)cc1. The number of benzene rings is 2. The highest BCUT2D eigenvalue weighted by molar-refractivity contribution is 8.00. The average Bonchev–Trinajstić information content (AvgIpc) is 2.67. The lowest BCUT2D eigenvalue weighted by molar-refractivity contribution is -0.128. The predicted octanol–water partition coefficient (Wildman–Crippen LogP) is 1.86. The first-order valence-electron chi connectivity index (χ1n) is 8.01. The Kier molecular flexibility index (Phi) is 8.22. The molecule has 0 aliphatic rings. The topological polar surface area (TPSA) is 96.5 Å². The molecule has 0 aromatic heterocycles. The minimum Gasteiger partial charge on any atom is -0.484 e. The monoisotopic (exact) mass is 409 g/mol. The molecule has 0 spiro atoms. The Morgan fingerprint density at radius 3 is 1.96 bits per heavy atom. The Hall–Kier alpha value is -3.14. The van der Waals surface area contributed by atoms with Gasteiger partial charge in [0.05, 0.1) is 11.5 Å². The van der Waals surface area contributed by atoms with Crippen LogP contribution in [0.5, 0.6) is 5.75 Å². The first kappa shape index (κ1) is 21.2. The standard InChI is InChI=1S/C18H17F2N3O4S/c19-12-1-5-14(6-2-12)21-17(25)10-28-11-18(26)23-22-16(24)9-27-15-7-3-13(20)4-8-15/h1-8H,9-11H2,(H,21,25)(H,22,24)(H,23,26). The van der Waals surface area contributed by atoms with E-state index in [-0.39, 0.29) is 24.0 Å². The second-order valence-electron chi connectivity index (χ2n) is 5.39. The van der Waals surface area contributed by atoms with Gasteiger partial charge in [0, 0.05) is 5.69 Å². The molecule has 3 N–H and O–H groups in total. The number of hydrazine groups is 1. The first-order valence-corrected chi connectivity index (χ1v) is 9.17. The number of rotatable bonds is 8. The summed E-state index contributed by atoms with van der Waals surface area (Å²) in [5, 5.41) is 2.56. The van der Waals surface area contributed by atoms with Crippen LogP contribution < -0.4 is 20.9 Å². The van der Waals surface area contributed by atoms with Crippen LogP contribution in [0.1, 0.15) is 0 Å². The van der Waals surface area contributed by atoms with Crippen LogP contribution in [-0.2, 0) is 14.4 Å². The number of hydrogen-bond acceptors (Lipinski definition) is 5. The quantitative estimate of drug-likeness (QED) is 0.579. The molecule has 0 heterocycles. The molecule has 0 saturated carbocycles. The van der Waals surface area contributed by atoms with Crippen molar-refractivity contribution in [3.05, 3.63) is 60.2 Å². The van der Waals surface area contributed by atoms with Crippen LogP contribution in [-0.4, -0.2) is 35.8 Å². The molecule has 2 aromatic rings. The summed E-state index contributed by atoms with van der Waals surface area (Å²) in [4.78, 5) is 34.9. The largest absolute Gasteiger partial charge is 0.484 e. The Labute approximate surface area is 163 Å². The van der Waals surface area contributed by atoms with E-state index in [2.05, 4.69) is 16.2 Å². The van der Waals surface area contributed by atoms with Crippen molar-refractivity contribution in [3.63, 3.8) is 0 Å². The highest BCUT2D eigenvalue weighted by Crippen LogP contribution is 2.11. The number of halogens is 2. The fourth-order valence-electron chi connectivity index (χ4n) is 1.86. The molecular weight excluding hydrogens is 392 g/mol. The van der Waals surface area contributed by atoms with Crippen molar-refractivity contribution in [2.75, 3.05) is 23.4 Å². The lowest BCUT2D eigenvalue weighted by atomic mass is 10.3. The van der Waals surface area contributed by atoms with E-state index in [0.717, 1.165) is 11.8 Å². The van der Waals surface area contributed by atoms with Gasteiger partial charge >= 0.3 is 0 Å². The lowest BCUT2D eigenvalue weighted by Crippen LogP contribution is -2.44. The summed E-state index contributed by atoms with van der Waals surface area (Å²) in [6, 6.07) is 10.4. The van der Waals surface area contributed by atoms with Crippen molar-refractivity contribution in [1.82, 2.24) is 10.9 Å². The van der Waals surface area contributed by atoms with Gasteiger partial charge in [-0.15, -0.1) is 11.8 Å². The predicted molar refractivity (Wildman–Crippen MR) is 101 cm³/mol. The second-order valence-corrected chi connectivity index (χ2v) is 6.37. The van der Waals surface area contributed by atoms with Gasteiger partial charge in [-0.2, -0.15) is 0 Å². The average molecular weight is 409 g/mol. The van der Waals surface area contributed by atoms with Crippen LogP contribution in [0.4, 0.5) is 14.5 Å². The Balaban J connectivity index is 1.57. The molecule has 3 amide bonds. The summed E-state index contributed by atoms with van der Waals surface area (Å²) in [6.07, 6.45) is 0. The zero-order valence-electron chi connectivity index (χ0n) is 14.5. The zero-order chi connectivity index (χ0) is 20.4. The number of anilines is 1. The third kappa shape index (κ3) is 8.04. The van der Waals surface area contributed by atoms with Crippen LogP contribution in [0.2, 0.25) is 0 Å². The number of carbonyl (C=O) groups excluding carboxylic acids is 3. The summed E-state index contributed by atoms with van der Waals surface area (Å²) in [6.45, 7) is -0.362. The molecule has 0 radical (unpaired) electrons. The van der Waals surface area contributed by atoms with Gasteiger partial charge in [0.1, 0.15) is 17.4 Å². The number of nitrogens with one attached hydrogen (secondary N) is 3. The third-order valence-corrected chi connectivity index (χ3v) is 4.05. The molecule has 0 fully saturated rings. The minimum atomic E-state index is -0.600. The van der Waals surface area contributed by atoms with E-state index in [9.17, 15) is 23.2 Å². The molecule has 28 heavy (non-hydrogen) atoms. The van der Waals surface area contributed by atoms with Crippen LogP contribution in [0.25, 0.3) is 0 Å². The number of ether oxygens (including phenoxy) is 1. The van der Waals surface area contributed by atoms with Crippen molar-refractivity contribution in [1.29, 1.82) is 0 Å². The van der Waals surface area contributed by atoms with Gasteiger partial charge in [0.25, 0.3) is 5.91 Å². The van der Waals surface area contributed by atoms with Crippen molar-refractivity contribution in [2.45, 2.75) is 0 Å². The van der Waals surface area contributed by atoms with E-state index < -0.39 is 23.4 Å². The van der Waals surface area contributed by atoms with Gasteiger partial charge in [0.15, 0.2) is 6.61 Å². The third-order valence-electron chi connectivity index (χ3n) is 3.12. The summed E-state index contributed by atoms with van der Waals surface area (Å²) < 4.78 is 30.6. The molecule has 0 bridgehead atoms. The van der Waals surface area contributed by atoms with Gasteiger partial charge in [0.2, 0.25) is 11.8 Å². The highest BCUT2D eigenvalue weighted by atomic mass is 32.2. The molecule has 0 unspecified atom stereocenters. The van der Waals surface area contributed by atoms with Crippen LogP contribution in [0.15, 0.2) is 48.5 Å². The van der Waals surface area contributed by atoms with Crippen LogP contribution >= 0.6 is 11.8 Å². The fraction of sp³-hybridized carbons (Fsp3) is 0.167. The van der Waals surface area contributed by atoms with Crippen LogP contribution in [0, 0.1) is 11.6 Å². The van der Waals surface area contributed by atoms with Crippen LogP contribution in [0.3, 0.4) is 0 Å². The maximum absolute atomic E-state index is 12.8. The normalized spacial score (nSPS) is 10.1. The van der Waals surface area contributed by atoms with Crippen molar-refractivity contribution < 1.29 is 27.9 Å². The highest BCUT2D eigenvalue weighted by Gasteiger charge is 2.08. The summed E-state index contributed by atoms with van der Waals surface area (Å²) in [7, 11) is 0. The van der Waals surface area contributed by atoms with Gasteiger partial charge < -0.3 is 10.1 Å². The number of amides is 3. The van der Waals surface area contributed by atoms with Gasteiger partial charge in [-0.25, -0.2) is 8.78 Å². The number of hydrogen-bond donors (Lipinski definition) is 3. The molecule has 148 valence electrons. The molecule has 0 saturated heterocycles. The molecule has 2 rings (SSSR count). The fourth-order valence-corrected chi connectivity index (χ4v) is 2.48. The van der Waals surface area contributed by atoms with E-state index in [4.69, 9.17) is 4.74 Å². The van der Waals surface area contributed by atoms with E-state index in [1.54, 1.807) is 0 Å². The lowest BCUT2D eigenvalue weighted by Gasteiger charge is -2.09. The summed E-state index contributed by atoms with van der Waals surface area (Å²) >= 11 is 1.04. The number of carbonyl (C=O) groups is 3. The molecule has 0 aliphatic carbocycles. The molecule has 0 aliphatic heterocycles. The van der Waals surface area contributed by atoms with E-state index >= 15 is 0 Å². The number of thioether (sulfide) groups is 1. The van der Waals surface area contributed by atoms with Gasteiger partial charge in [-0.1, -0.05) is 0 Å². The summed E-state index contributed by atoms with van der Waals surface area (Å²) in [5.74, 6) is -2.03. The molecule has 2 aromatic carbocycles. The Bertz CT molecular complexity index is 817. The van der Waals surface area contributed by atoms with E-state index in [0.29, 0.717) is 11.4 Å².